The van der Waals surface area contributed by atoms with Gasteiger partial charge in [-0.25, -0.2) is 0 Å². The quantitative estimate of drug-likeness (QED) is 0.373. The maximum absolute atomic E-state index is 10.8. The largest absolute Gasteiger partial charge is 0.302 e. The van der Waals surface area contributed by atoms with Crippen LogP contribution >= 0.6 is 15.9 Å². The average Bonchev–Trinajstić information content (AvgIpc) is 2.06. The molecule has 0 spiro atoms. The van der Waals surface area contributed by atoms with Gasteiger partial charge >= 0.3 is 0 Å². The Morgan fingerprint density at radius 2 is 1.83 bits per heavy atom. The third-order valence-corrected chi connectivity index (χ3v) is 3.05. The van der Waals surface area contributed by atoms with Crippen molar-refractivity contribution in [3.8, 4) is 0 Å². The van der Waals surface area contributed by atoms with E-state index in [9.17, 15) is 4.79 Å². The number of alkyl halides is 1. The molecule has 0 aliphatic rings. The summed E-state index contributed by atoms with van der Waals surface area (Å²) in [5.74, 6) is 0. The van der Waals surface area contributed by atoms with Gasteiger partial charge in [0.2, 0.25) is 0 Å². The summed E-state index contributed by atoms with van der Waals surface area (Å²) < 4.78 is -0.225. The number of carbonyl (C=O) groups is 1. The summed E-state index contributed by atoms with van der Waals surface area (Å²) >= 11 is 3.51. The zero-order chi connectivity index (χ0) is 9.45. The van der Waals surface area contributed by atoms with Gasteiger partial charge in [0, 0.05) is 0 Å². The summed E-state index contributed by atoms with van der Waals surface area (Å²) in [6.45, 7) is 4.29. The Labute approximate surface area is 84.1 Å². The zero-order valence-electron chi connectivity index (χ0n) is 8.11. The van der Waals surface area contributed by atoms with Crippen LogP contribution in [0.5, 0.6) is 0 Å². The van der Waals surface area contributed by atoms with E-state index in [1.165, 1.54) is 12.8 Å². The van der Waals surface area contributed by atoms with Gasteiger partial charge in [0.25, 0.3) is 0 Å². The van der Waals surface area contributed by atoms with Crippen LogP contribution in [0.1, 0.15) is 52.4 Å². The van der Waals surface area contributed by atoms with Crippen LogP contribution in [-0.2, 0) is 4.79 Å². The number of unbranched alkanes of at least 4 members (excludes halogenated alkanes) is 2. The summed E-state index contributed by atoms with van der Waals surface area (Å²) in [6, 6.07) is 0. The monoisotopic (exact) mass is 234 g/mol. The molecule has 72 valence electrons. The minimum Gasteiger partial charge on any atom is -0.302 e. The van der Waals surface area contributed by atoms with Crippen LogP contribution in [0.15, 0.2) is 0 Å². The van der Waals surface area contributed by atoms with E-state index in [-0.39, 0.29) is 4.32 Å². The van der Waals surface area contributed by atoms with Crippen molar-refractivity contribution in [1.82, 2.24) is 0 Å². The number of halogens is 1. The molecule has 0 rings (SSSR count). The average molecular weight is 235 g/mol. The third-order valence-electron chi connectivity index (χ3n) is 2.07. The Morgan fingerprint density at radius 1 is 1.17 bits per heavy atom. The summed E-state index contributed by atoms with van der Waals surface area (Å²) in [5.41, 5.74) is 0. The molecule has 0 bridgehead atoms. The Kier molecular flexibility index (Phi) is 6.73. The highest BCUT2D eigenvalue weighted by Gasteiger charge is 2.23. The summed E-state index contributed by atoms with van der Waals surface area (Å²) in [7, 11) is 0. The molecule has 0 aliphatic carbocycles. The zero-order valence-corrected chi connectivity index (χ0v) is 9.69. The highest BCUT2D eigenvalue weighted by Crippen LogP contribution is 2.28. The molecule has 0 aliphatic heterocycles. The van der Waals surface area contributed by atoms with Crippen LogP contribution in [0.2, 0.25) is 0 Å². The van der Waals surface area contributed by atoms with Crippen LogP contribution in [0.4, 0.5) is 0 Å². The predicted octanol–water partition coefficient (Wildman–Crippen LogP) is 3.70. The minimum atomic E-state index is -0.225. The van der Waals surface area contributed by atoms with E-state index in [0.717, 1.165) is 32.0 Å². The molecule has 1 unspecified atom stereocenters. The molecule has 12 heavy (non-hydrogen) atoms. The van der Waals surface area contributed by atoms with Gasteiger partial charge in [-0.05, 0) is 12.8 Å². The predicted molar refractivity (Wildman–Crippen MR) is 56.8 cm³/mol. The summed E-state index contributed by atoms with van der Waals surface area (Å²) in [5, 5.41) is 0. The Balaban J connectivity index is 3.71. The standard InChI is InChI=1S/C10H19BrO/c1-3-5-6-8-10(11,9-12)7-4-2/h9H,3-8H2,1-2H3. The van der Waals surface area contributed by atoms with Crippen LogP contribution in [-0.4, -0.2) is 10.6 Å². The first-order valence-electron chi connectivity index (χ1n) is 4.83. The maximum atomic E-state index is 10.8. The second kappa shape index (κ2) is 6.64. The molecule has 0 aromatic heterocycles. The van der Waals surface area contributed by atoms with E-state index in [2.05, 4.69) is 29.8 Å². The van der Waals surface area contributed by atoms with Gasteiger partial charge in [0.1, 0.15) is 6.29 Å². The lowest BCUT2D eigenvalue weighted by Crippen LogP contribution is -2.21. The lowest BCUT2D eigenvalue weighted by Gasteiger charge is -2.19. The van der Waals surface area contributed by atoms with Gasteiger partial charge in [-0.15, -0.1) is 0 Å². The van der Waals surface area contributed by atoms with E-state index in [1.54, 1.807) is 0 Å². The summed E-state index contributed by atoms with van der Waals surface area (Å²) in [6.07, 6.45) is 7.67. The minimum absolute atomic E-state index is 0.225. The van der Waals surface area contributed by atoms with Crippen molar-refractivity contribution in [2.45, 2.75) is 56.7 Å². The first-order chi connectivity index (χ1) is 5.68. The molecular formula is C10H19BrO. The first kappa shape index (κ1) is 12.2. The van der Waals surface area contributed by atoms with Gasteiger partial charge in [-0.2, -0.15) is 0 Å². The SMILES string of the molecule is CCCCCC(Br)(C=O)CCC. The Morgan fingerprint density at radius 3 is 2.25 bits per heavy atom. The molecule has 0 heterocycles. The van der Waals surface area contributed by atoms with Crippen molar-refractivity contribution >= 4 is 22.2 Å². The molecular weight excluding hydrogens is 216 g/mol. The van der Waals surface area contributed by atoms with E-state index < -0.39 is 0 Å². The second-order valence-corrected chi connectivity index (χ2v) is 4.94. The second-order valence-electron chi connectivity index (χ2n) is 3.36. The smallest absolute Gasteiger partial charge is 0.136 e. The highest BCUT2D eigenvalue weighted by atomic mass is 79.9. The van der Waals surface area contributed by atoms with Crippen LogP contribution < -0.4 is 0 Å². The molecule has 1 nitrogen and oxygen atoms in total. The molecule has 0 radical (unpaired) electrons. The van der Waals surface area contributed by atoms with E-state index >= 15 is 0 Å². The number of rotatable bonds is 7. The fourth-order valence-electron chi connectivity index (χ4n) is 1.33. The van der Waals surface area contributed by atoms with Crippen molar-refractivity contribution in [3.05, 3.63) is 0 Å². The van der Waals surface area contributed by atoms with Crippen molar-refractivity contribution in [2.24, 2.45) is 0 Å². The lowest BCUT2D eigenvalue weighted by atomic mass is 9.98. The van der Waals surface area contributed by atoms with Crippen molar-refractivity contribution in [3.63, 3.8) is 0 Å². The van der Waals surface area contributed by atoms with E-state index in [4.69, 9.17) is 0 Å². The van der Waals surface area contributed by atoms with Gasteiger partial charge in [0.05, 0.1) is 4.32 Å². The first-order valence-corrected chi connectivity index (χ1v) is 5.63. The molecule has 0 fully saturated rings. The highest BCUT2D eigenvalue weighted by molar-refractivity contribution is 9.10. The number of carbonyl (C=O) groups excluding carboxylic acids is 1. The molecule has 0 saturated heterocycles. The maximum Gasteiger partial charge on any atom is 0.136 e. The molecule has 2 heteroatoms. The molecule has 0 saturated carbocycles. The third kappa shape index (κ3) is 4.91. The Bertz CT molecular complexity index is 125. The molecule has 0 amide bonds. The Hall–Kier alpha value is 0.150. The fourth-order valence-corrected chi connectivity index (χ4v) is 2.00. The fraction of sp³-hybridized carbons (Fsp3) is 0.900. The van der Waals surface area contributed by atoms with E-state index in [1.807, 2.05) is 0 Å². The molecule has 1 atom stereocenters. The number of aldehydes is 1. The number of hydrogen-bond acceptors (Lipinski definition) is 1. The van der Waals surface area contributed by atoms with Crippen LogP contribution in [0.25, 0.3) is 0 Å². The van der Waals surface area contributed by atoms with Gasteiger partial charge in [-0.1, -0.05) is 55.5 Å². The van der Waals surface area contributed by atoms with E-state index in [0.29, 0.717) is 0 Å². The lowest BCUT2D eigenvalue weighted by molar-refractivity contribution is -0.110. The number of hydrogen-bond donors (Lipinski definition) is 0. The van der Waals surface area contributed by atoms with Gasteiger partial charge < -0.3 is 4.79 Å². The van der Waals surface area contributed by atoms with Crippen molar-refractivity contribution < 1.29 is 4.79 Å². The van der Waals surface area contributed by atoms with Crippen molar-refractivity contribution in [1.29, 1.82) is 0 Å². The van der Waals surface area contributed by atoms with Crippen molar-refractivity contribution in [2.75, 3.05) is 0 Å². The van der Waals surface area contributed by atoms with Gasteiger partial charge in [0.15, 0.2) is 0 Å². The molecule has 0 aromatic carbocycles. The van der Waals surface area contributed by atoms with Gasteiger partial charge in [-0.3, -0.25) is 0 Å². The van der Waals surface area contributed by atoms with Crippen LogP contribution in [0.3, 0.4) is 0 Å². The topological polar surface area (TPSA) is 17.1 Å². The normalized spacial score (nSPS) is 15.6. The summed E-state index contributed by atoms with van der Waals surface area (Å²) in [4.78, 5) is 10.8. The molecule has 0 N–H and O–H groups in total. The molecule has 0 aromatic rings. The van der Waals surface area contributed by atoms with Crippen LogP contribution in [0, 0.1) is 0 Å².